The lowest BCUT2D eigenvalue weighted by Gasteiger charge is -2.28. The summed E-state index contributed by atoms with van der Waals surface area (Å²) in [6, 6.07) is 8.35. The van der Waals surface area contributed by atoms with E-state index in [1.807, 2.05) is 0 Å². The molecule has 1 heterocycles. The molecule has 0 spiro atoms. The van der Waals surface area contributed by atoms with E-state index in [2.05, 4.69) is 10.3 Å². The number of nitrogens with zero attached hydrogens (tertiary/aromatic N) is 2. The zero-order chi connectivity index (χ0) is 15.1. The molecule has 0 radical (unpaired) electrons. The topological polar surface area (TPSA) is 52.7 Å². The number of nitrogens with one attached hydrogen (secondary N) is 1. The average molecular weight is 289 g/mol. The first-order chi connectivity index (χ1) is 10.2. The molecule has 0 saturated carbocycles. The standard InChI is InChI=1S/C16H23N3O2/c1-14(20)19(15-8-4-2-5-9-16(15)21)17-10-13-18-11-6-3-7-12-18/h2,4-5,8-9,17H,3,6-7,10-13H2,1H3. The van der Waals surface area contributed by atoms with Gasteiger partial charge in [-0.1, -0.05) is 24.6 Å². The predicted molar refractivity (Wildman–Crippen MR) is 84.2 cm³/mol. The Morgan fingerprint density at radius 1 is 1.19 bits per heavy atom. The van der Waals surface area contributed by atoms with Crippen molar-refractivity contribution in [3.8, 4) is 0 Å². The van der Waals surface area contributed by atoms with E-state index in [9.17, 15) is 9.59 Å². The number of piperidine rings is 1. The van der Waals surface area contributed by atoms with Crippen LogP contribution in [0.1, 0.15) is 26.2 Å². The van der Waals surface area contributed by atoms with Crippen molar-refractivity contribution in [3.05, 3.63) is 40.6 Å². The molecule has 0 bridgehead atoms. The van der Waals surface area contributed by atoms with Gasteiger partial charge in [-0.05, 0) is 38.1 Å². The number of amides is 1. The van der Waals surface area contributed by atoms with Crippen molar-refractivity contribution in [2.75, 3.05) is 31.2 Å². The van der Waals surface area contributed by atoms with E-state index >= 15 is 0 Å². The van der Waals surface area contributed by atoms with Gasteiger partial charge in [0.25, 0.3) is 0 Å². The van der Waals surface area contributed by atoms with Crippen molar-refractivity contribution in [1.82, 2.24) is 10.3 Å². The Kier molecular flexibility index (Phi) is 5.90. The summed E-state index contributed by atoms with van der Waals surface area (Å²) in [5, 5.41) is 1.35. The molecule has 5 nitrogen and oxygen atoms in total. The molecule has 114 valence electrons. The molecule has 1 fully saturated rings. The second-order valence-electron chi connectivity index (χ2n) is 5.33. The van der Waals surface area contributed by atoms with Gasteiger partial charge in [0.2, 0.25) is 11.3 Å². The van der Waals surface area contributed by atoms with Crippen molar-refractivity contribution in [3.63, 3.8) is 0 Å². The number of carbonyl (C=O) groups is 1. The Morgan fingerprint density at radius 3 is 2.62 bits per heavy atom. The number of hydrogen-bond acceptors (Lipinski definition) is 4. The lowest BCUT2D eigenvalue weighted by molar-refractivity contribution is -0.117. The lowest BCUT2D eigenvalue weighted by Crippen LogP contribution is -2.47. The second-order valence-corrected chi connectivity index (χ2v) is 5.33. The molecule has 1 aromatic carbocycles. The highest BCUT2D eigenvalue weighted by atomic mass is 16.2. The van der Waals surface area contributed by atoms with Gasteiger partial charge in [0, 0.05) is 20.0 Å². The Bertz CT molecular complexity index is 527. The van der Waals surface area contributed by atoms with Crippen molar-refractivity contribution < 1.29 is 4.79 Å². The molecule has 0 aliphatic carbocycles. The fourth-order valence-corrected chi connectivity index (χ4v) is 2.58. The normalized spacial score (nSPS) is 15.7. The molecular formula is C16H23N3O2. The maximum atomic E-state index is 12.0. The summed E-state index contributed by atoms with van der Waals surface area (Å²) in [5.41, 5.74) is 3.28. The summed E-state index contributed by atoms with van der Waals surface area (Å²) < 4.78 is 0. The number of likely N-dealkylation sites (tertiary alicyclic amines) is 1. The molecule has 0 aromatic heterocycles. The molecule has 1 N–H and O–H groups in total. The van der Waals surface area contributed by atoms with Gasteiger partial charge in [-0.3, -0.25) is 9.59 Å². The summed E-state index contributed by atoms with van der Waals surface area (Å²) in [4.78, 5) is 26.2. The monoisotopic (exact) mass is 289 g/mol. The van der Waals surface area contributed by atoms with Gasteiger partial charge in [-0.25, -0.2) is 10.4 Å². The van der Waals surface area contributed by atoms with Crippen LogP contribution in [0.5, 0.6) is 0 Å². The smallest absolute Gasteiger partial charge is 0.238 e. The van der Waals surface area contributed by atoms with Crippen LogP contribution in [-0.4, -0.2) is 37.0 Å². The zero-order valence-corrected chi connectivity index (χ0v) is 12.5. The molecule has 1 aromatic rings. The van der Waals surface area contributed by atoms with Gasteiger partial charge in [0.05, 0.1) is 0 Å². The van der Waals surface area contributed by atoms with Gasteiger partial charge >= 0.3 is 0 Å². The minimum atomic E-state index is -0.183. The van der Waals surface area contributed by atoms with Crippen LogP contribution in [0.3, 0.4) is 0 Å². The van der Waals surface area contributed by atoms with Crippen LogP contribution >= 0.6 is 0 Å². The third-order valence-corrected chi connectivity index (χ3v) is 3.68. The quantitative estimate of drug-likeness (QED) is 0.832. The van der Waals surface area contributed by atoms with E-state index in [1.54, 1.807) is 24.3 Å². The highest BCUT2D eigenvalue weighted by Gasteiger charge is 2.14. The van der Waals surface area contributed by atoms with Crippen LogP contribution in [0.25, 0.3) is 0 Å². The maximum absolute atomic E-state index is 12.0. The summed E-state index contributed by atoms with van der Waals surface area (Å²) in [5.74, 6) is -0.183. The number of anilines is 1. The first-order valence-electron chi connectivity index (χ1n) is 7.54. The fourth-order valence-electron chi connectivity index (χ4n) is 2.58. The molecule has 1 aliphatic heterocycles. The SMILES string of the molecule is CC(=O)N(NCCN1CCCCC1)c1cccccc1=O. The van der Waals surface area contributed by atoms with Gasteiger partial charge < -0.3 is 4.90 Å². The van der Waals surface area contributed by atoms with E-state index in [0.29, 0.717) is 12.2 Å². The maximum Gasteiger partial charge on any atom is 0.238 e. The van der Waals surface area contributed by atoms with E-state index in [4.69, 9.17) is 0 Å². The minimum absolute atomic E-state index is 0.166. The fraction of sp³-hybridized carbons (Fsp3) is 0.500. The van der Waals surface area contributed by atoms with E-state index in [0.717, 1.165) is 19.6 Å². The number of hydrazine groups is 1. The summed E-state index contributed by atoms with van der Waals surface area (Å²) >= 11 is 0. The van der Waals surface area contributed by atoms with Crippen LogP contribution in [-0.2, 0) is 4.79 Å². The molecule has 1 saturated heterocycles. The Labute approximate surface area is 125 Å². The molecular weight excluding hydrogens is 266 g/mol. The second kappa shape index (κ2) is 7.90. The summed E-state index contributed by atoms with van der Waals surface area (Å²) in [7, 11) is 0. The number of rotatable bonds is 5. The van der Waals surface area contributed by atoms with Crippen molar-refractivity contribution >= 4 is 11.6 Å². The minimum Gasteiger partial charge on any atom is -0.302 e. The van der Waals surface area contributed by atoms with Crippen molar-refractivity contribution in [2.45, 2.75) is 26.2 Å². The van der Waals surface area contributed by atoms with Crippen LogP contribution in [0.4, 0.5) is 5.69 Å². The number of hydrogen-bond donors (Lipinski definition) is 1. The van der Waals surface area contributed by atoms with Gasteiger partial charge in [0.1, 0.15) is 5.69 Å². The molecule has 1 amide bonds. The third kappa shape index (κ3) is 4.65. The van der Waals surface area contributed by atoms with Crippen LogP contribution in [0.15, 0.2) is 35.1 Å². The highest BCUT2D eigenvalue weighted by molar-refractivity contribution is 5.90. The average Bonchev–Trinajstić information content (AvgIpc) is 2.69. The Morgan fingerprint density at radius 2 is 1.90 bits per heavy atom. The molecule has 0 unspecified atom stereocenters. The highest BCUT2D eigenvalue weighted by Crippen LogP contribution is 2.08. The zero-order valence-electron chi connectivity index (χ0n) is 12.5. The third-order valence-electron chi connectivity index (χ3n) is 3.68. The molecule has 2 rings (SSSR count). The number of carbonyl (C=O) groups excluding carboxylic acids is 1. The van der Waals surface area contributed by atoms with E-state index in [-0.39, 0.29) is 11.3 Å². The van der Waals surface area contributed by atoms with E-state index in [1.165, 1.54) is 37.3 Å². The molecule has 21 heavy (non-hydrogen) atoms. The molecule has 1 aliphatic rings. The van der Waals surface area contributed by atoms with E-state index < -0.39 is 0 Å². The molecule has 0 atom stereocenters. The first kappa shape index (κ1) is 15.7. The van der Waals surface area contributed by atoms with Gasteiger partial charge in [0.15, 0.2) is 0 Å². The predicted octanol–water partition coefficient (Wildman–Crippen LogP) is 1.39. The van der Waals surface area contributed by atoms with Gasteiger partial charge in [-0.2, -0.15) is 0 Å². The van der Waals surface area contributed by atoms with Crippen LogP contribution in [0, 0.1) is 0 Å². The van der Waals surface area contributed by atoms with Crippen LogP contribution in [0.2, 0.25) is 0 Å². The summed E-state index contributed by atoms with van der Waals surface area (Å²) in [6.45, 7) is 5.23. The largest absolute Gasteiger partial charge is 0.302 e. The lowest BCUT2D eigenvalue weighted by atomic mass is 10.1. The van der Waals surface area contributed by atoms with Gasteiger partial charge in [-0.15, -0.1) is 0 Å². The van der Waals surface area contributed by atoms with Crippen LogP contribution < -0.4 is 15.9 Å². The molecule has 5 heteroatoms. The first-order valence-corrected chi connectivity index (χ1v) is 7.54. The van der Waals surface area contributed by atoms with Crippen molar-refractivity contribution in [2.24, 2.45) is 0 Å². The Hall–Kier alpha value is -1.72. The Balaban J connectivity index is 1.98. The summed E-state index contributed by atoms with van der Waals surface area (Å²) in [6.07, 6.45) is 3.80. The van der Waals surface area contributed by atoms with Crippen molar-refractivity contribution in [1.29, 1.82) is 0 Å².